The van der Waals surface area contributed by atoms with Crippen LogP contribution in [0.4, 0.5) is 0 Å². The molecule has 4 nitrogen and oxygen atoms in total. The van der Waals surface area contributed by atoms with E-state index in [0.717, 1.165) is 24.0 Å². The lowest BCUT2D eigenvalue weighted by molar-refractivity contribution is -0.129. The number of nitrogens with zero attached hydrogens (tertiary/aromatic N) is 1. The molecule has 2 aromatic carbocycles. The summed E-state index contributed by atoms with van der Waals surface area (Å²) in [5, 5.41) is 3.11. The highest BCUT2D eigenvalue weighted by atomic mass is 16.2. The Hall–Kier alpha value is -2.62. The second-order valence-corrected chi connectivity index (χ2v) is 8.23. The van der Waals surface area contributed by atoms with Gasteiger partial charge in [-0.2, -0.15) is 0 Å². The maximum absolute atomic E-state index is 12.8. The number of rotatable bonds is 3. The molecule has 0 radical (unpaired) electrons. The average molecular weight is 364 g/mol. The van der Waals surface area contributed by atoms with Crippen molar-refractivity contribution < 1.29 is 9.59 Å². The third kappa shape index (κ3) is 4.76. The largest absolute Gasteiger partial charge is 0.353 e. The third-order valence-corrected chi connectivity index (χ3v) is 5.04. The minimum atomic E-state index is -0.381. The molecular formula is C23H28N2O2. The molecule has 0 aromatic heterocycles. The van der Waals surface area contributed by atoms with Crippen molar-refractivity contribution in [3.8, 4) is 11.1 Å². The number of hydrogen-bond donors (Lipinski definition) is 1. The first-order valence-electron chi connectivity index (χ1n) is 9.60. The lowest BCUT2D eigenvalue weighted by Crippen LogP contribution is -2.49. The molecule has 0 bridgehead atoms. The van der Waals surface area contributed by atoms with Crippen LogP contribution in [-0.4, -0.2) is 35.8 Å². The van der Waals surface area contributed by atoms with Crippen molar-refractivity contribution in [2.45, 2.75) is 39.7 Å². The molecule has 1 saturated heterocycles. The summed E-state index contributed by atoms with van der Waals surface area (Å²) in [6.45, 7) is 7.10. The maximum atomic E-state index is 12.8. The molecule has 3 rings (SSSR count). The number of amides is 2. The molecular weight excluding hydrogens is 336 g/mol. The molecule has 0 unspecified atom stereocenters. The van der Waals surface area contributed by atoms with Gasteiger partial charge in [-0.3, -0.25) is 9.59 Å². The zero-order valence-corrected chi connectivity index (χ0v) is 16.4. The zero-order valence-electron chi connectivity index (χ0n) is 16.4. The standard InChI is InChI=1S/C23H28N2O2/c1-23(2,3)22(27)24-20-13-15-25(16-14-20)21(26)19-11-9-18(10-12-19)17-7-5-4-6-8-17/h4-12,20H,13-16H2,1-3H3,(H,24,27). The van der Waals surface area contributed by atoms with Gasteiger partial charge in [-0.25, -0.2) is 0 Å². The summed E-state index contributed by atoms with van der Waals surface area (Å²) in [4.78, 5) is 26.8. The predicted molar refractivity (Wildman–Crippen MR) is 108 cm³/mol. The van der Waals surface area contributed by atoms with Crippen molar-refractivity contribution >= 4 is 11.8 Å². The van der Waals surface area contributed by atoms with Crippen molar-refractivity contribution in [2.75, 3.05) is 13.1 Å². The highest BCUT2D eigenvalue weighted by Gasteiger charge is 2.28. The van der Waals surface area contributed by atoms with Crippen LogP contribution in [-0.2, 0) is 4.79 Å². The zero-order chi connectivity index (χ0) is 19.4. The topological polar surface area (TPSA) is 49.4 Å². The van der Waals surface area contributed by atoms with E-state index in [1.807, 2.05) is 68.1 Å². The summed E-state index contributed by atoms with van der Waals surface area (Å²) in [5.74, 6) is 0.138. The van der Waals surface area contributed by atoms with Crippen LogP contribution < -0.4 is 5.32 Å². The highest BCUT2D eigenvalue weighted by Crippen LogP contribution is 2.21. The van der Waals surface area contributed by atoms with Gasteiger partial charge in [-0.05, 0) is 36.1 Å². The Morgan fingerprint density at radius 1 is 0.889 bits per heavy atom. The highest BCUT2D eigenvalue weighted by molar-refractivity contribution is 5.94. The molecule has 1 aliphatic rings. The minimum absolute atomic E-state index is 0.0650. The Labute approximate surface area is 161 Å². The monoisotopic (exact) mass is 364 g/mol. The van der Waals surface area contributed by atoms with Gasteiger partial charge in [-0.15, -0.1) is 0 Å². The van der Waals surface area contributed by atoms with Crippen LogP contribution in [0.3, 0.4) is 0 Å². The molecule has 0 atom stereocenters. The van der Waals surface area contributed by atoms with Crippen LogP contribution in [0.1, 0.15) is 44.0 Å². The van der Waals surface area contributed by atoms with E-state index in [-0.39, 0.29) is 23.3 Å². The summed E-state index contributed by atoms with van der Waals surface area (Å²) in [6.07, 6.45) is 1.60. The SMILES string of the molecule is CC(C)(C)C(=O)NC1CCN(C(=O)c2ccc(-c3ccccc3)cc2)CC1. The van der Waals surface area contributed by atoms with E-state index in [1.165, 1.54) is 0 Å². The van der Waals surface area contributed by atoms with Gasteiger partial charge in [0, 0.05) is 30.1 Å². The van der Waals surface area contributed by atoms with E-state index in [9.17, 15) is 9.59 Å². The molecule has 0 aliphatic carbocycles. The summed E-state index contributed by atoms with van der Waals surface area (Å²) in [5.41, 5.74) is 2.59. The first kappa shape index (κ1) is 19.2. The molecule has 1 aliphatic heterocycles. The van der Waals surface area contributed by atoms with Crippen LogP contribution in [0, 0.1) is 5.41 Å². The number of carbonyl (C=O) groups excluding carboxylic acids is 2. The predicted octanol–water partition coefficient (Wildman–Crippen LogP) is 4.12. The summed E-state index contributed by atoms with van der Waals surface area (Å²) in [6, 6.07) is 18.1. The Balaban J connectivity index is 1.57. The van der Waals surface area contributed by atoms with E-state index in [0.29, 0.717) is 18.7 Å². The van der Waals surface area contributed by atoms with Crippen molar-refractivity contribution in [3.63, 3.8) is 0 Å². The smallest absolute Gasteiger partial charge is 0.253 e. The van der Waals surface area contributed by atoms with Gasteiger partial charge < -0.3 is 10.2 Å². The molecule has 0 saturated carbocycles. The van der Waals surface area contributed by atoms with Gasteiger partial charge in [-0.1, -0.05) is 63.2 Å². The van der Waals surface area contributed by atoms with Crippen LogP contribution in [0.15, 0.2) is 54.6 Å². The summed E-state index contributed by atoms with van der Waals surface area (Å²) < 4.78 is 0. The number of piperidine rings is 1. The van der Waals surface area contributed by atoms with Crippen LogP contribution >= 0.6 is 0 Å². The van der Waals surface area contributed by atoms with E-state index in [1.54, 1.807) is 0 Å². The second kappa shape index (κ2) is 7.95. The number of likely N-dealkylation sites (tertiary alicyclic amines) is 1. The van der Waals surface area contributed by atoms with Gasteiger partial charge in [0.1, 0.15) is 0 Å². The van der Waals surface area contributed by atoms with E-state index >= 15 is 0 Å². The van der Waals surface area contributed by atoms with Crippen molar-refractivity contribution in [1.82, 2.24) is 10.2 Å². The molecule has 4 heteroatoms. The Morgan fingerprint density at radius 2 is 1.44 bits per heavy atom. The summed E-state index contributed by atoms with van der Waals surface area (Å²) in [7, 11) is 0. The quantitative estimate of drug-likeness (QED) is 0.891. The molecule has 1 heterocycles. The maximum Gasteiger partial charge on any atom is 0.253 e. The summed E-state index contributed by atoms with van der Waals surface area (Å²) >= 11 is 0. The fraction of sp³-hybridized carbons (Fsp3) is 0.391. The lowest BCUT2D eigenvalue weighted by Gasteiger charge is -2.33. The Morgan fingerprint density at radius 3 is 2.00 bits per heavy atom. The van der Waals surface area contributed by atoms with Crippen molar-refractivity contribution in [3.05, 3.63) is 60.2 Å². The molecule has 2 amide bonds. The number of benzene rings is 2. The third-order valence-electron chi connectivity index (χ3n) is 5.04. The average Bonchev–Trinajstić information content (AvgIpc) is 2.68. The number of nitrogens with one attached hydrogen (secondary N) is 1. The molecule has 1 N–H and O–H groups in total. The van der Waals surface area contributed by atoms with Crippen molar-refractivity contribution in [2.24, 2.45) is 5.41 Å². The molecule has 0 spiro atoms. The van der Waals surface area contributed by atoms with Gasteiger partial charge in [0.05, 0.1) is 0 Å². The van der Waals surface area contributed by atoms with E-state index in [2.05, 4.69) is 17.4 Å². The minimum Gasteiger partial charge on any atom is -0.353 e. The van der Waals surface area contributed by atoms with E-state index in [4.69, 9.17) is 0 Å². The molecule has 27 heavy (non-hydrogen) atoms. The van der Waals surface area contributed by atoms with Crippen LogP contribution in [0.25, 0.3) is 11.1 Å². The normalized spacial score (nSPS) is 15.4. The fourth-order valence-corrected chi connectivity index (χ4v) is 3.25. The molecule has 2 aromatic rings. The first-order chi connectivity index (χ1) is 12.8. The second-order valence-electron chi connectivity index (χ2n) is 8.23. The van der Waals surface area contributed by atoms with Crippen molar-refractivity contribution in [1.29, 1.82) is 0 Å². The Bertz CT molecular complexity index is 783. The van der Waals surface area contributed by atoms with Gasteiger partial charge in [0.25, 0.3) is 5.91 Å². The fourth-order valence-electron chi connectivity index (χ4n) is 3.25. The van der Waals surface area contributed by atoms with Gasteiger partial charge in [0.15, 0.2) is 0 Å². The number of carbonyl (C=O) groups is 2. The molecule has 1 fully saturated rings. The van der Waals surface area contributed by atoms with Crippen LogP contribution in [0.2, 0.25) is 0 Å². The van der Waals surface area contributed by atoms with Gasteiger partial charge >= 0.3 is 0 Å². The van der Waals surface area contributed by atoms with Crippen LogP contribution in [0.5, 0.6) is 0 Å². The van der Waals surface area contributed by atoms with E-state index < -0.39 is 0 Å². The van der Waals surface area contributed by atoms with Gasteiger partial charge in [0.2, 0.25) is 5.91 Å². The molecule has 142 valence electrons. The Kier molecular flexibility index (Phi) is 5.64. The first-order valence-corrected chi connectivity index (χ1v) is 9.60. The lowest BCUT2D eigenvalue weighted by atomic mass is 9.94. The number of hydrogen-bond acceptors (Lipinski definition) is 2.